The molecule has 3 rings (SSSR count). The quantitative estimate of drug-likeness (QED) is 0.361. The Hall–Kier alpha value is -2.59. The van der Waals surface area contributed by atoms with Gasteiger partial charge in [0.2, 0.25) is 0 Å². The molecule has 1 aliphatic heterocycles. The maximum absolute atomic E-state index is 12.9. The minimum Gasteiger partial charge on any atom is -0.493 e. The van der Waals surface area contributed by atoms with Crippen LogP contribution in [0.5, 0.6) is 11.5 Å². The Morgan fingerprint density at radius 3 is 2.48 bits per heavy atom. The van der Waals surface area contributed by atoms with E-state index in [1.165, 1.54) is 25.3 Å². The van der Waals surface area contributed by atoms with Crippen molar-refractivity contribution < 1.29 is 23.9 Å². The number of halogens is 2. The molecule has 2 aromatic carbocycles. The fourth-order valence-corrected chi connectivity index (χ4v) is 3.66. The molecule has 1 saturated heterocycles. The van der Waals surface area contributed by atoms with E-state index in [0.717, 1.165) is 8.47 Å². The molecule has 0 atom stereocenters. The molecule has 4 amide bonds. The Balaban J connectivity index is 2.02. The number of benzene rings is 2. The first-order valence-electron chi connectivity index (χ1n) is 8.53. The van der Waals surface area contributed by atoms with E-state index in [1.54, 1.807) is 24.3 Å². The number of rotatable bonds is 5. The summed E-state index contributed by atoms with van der Waals surface area (Å²) in [5, 5.41) is 2.65. The molecular weight excluding hydrogens is 511 g/mol. The van der Waals surface area contributed by atoms with E-state index in [2.05, 4.69) is 27.9 Å². The van der Waals surface area contributed by atoms with Gasteiger partial charge in [0.05, 0.1) is 23.0 Å². The van der Waals surface area contributed by atoms with E-state index < -0.39 is 17.8 Å². The van der Waals surface area contributed by atoms with Crippen molar-refractivity contribution in [1.82, 2.24) is 5.32 Å². The van der Waals surface area contributed by atoms with Crippen molar-refractivity contribution in [3.63, 3.8) is 0 Å². The molecule has 1 aliphatic rings. The lowest BCUT2D eigenvalue weighted by atomic mass is 10.1. The molecule has 0 radical (unpaired) electrons. The molecule has 0 aromatic heterocycles. The molecule has 1 heterocycles. The largest absolute Gasteiger partial charge is 0.493 e. The molecule has 0 bridgehead atoms. The molecule has 150 valence electrons. The Morgan fingerprint density at radius 2 is 1.86 bits per heavy atom. The van der Waals surface area contributed by atoms with Crippen molar-refractivity contribution in [2.75, 3.05) is 18.6 Å². The summed E-state index contributed by atoms with van der Waals surface area (Å²) in [4.78, 5) is 38.4. The number of anilines is 1. The maximum atomic E-state index is 12.9. The van der Waals surface area contributed by atoms with Gasteiger partial charge in [0.1, 0.15) is 5.57 Å². The smallest absolute Gasteiger partial charge is 0.335 e. The third-order valence-electron chi connectivity index (χ3n) is 4.04. The summed E-state index contributed by atoms with van der Waals surface area (Å²) in [6.07, 6.45) is 1.41. The highest BCUT2D eigenvalue weighted by Crippen LogP contribution is 2.35. The minimum absolute atomic E-state index is 0.179. The highest BCUT2D eigenvalue weighted by atomic mass is 127. The van der Waals surface area contributed by atoms with Gasteiger partial charge in [-0.25, -0.2) is 9.69 Å². The molecule has 0 saturated carbocycles. The average molecular weight is 527 g/mol. The number of nitrogens with one attached hydrogen (secondary N) is 1. The second kappa shape index (κ2) is 8.83. The topological polar surface area (TPSA) is 84.9 Å². The standard InChI is InChI=1S/C20H16ClIN2O5/c1-3-29-17-15(22)9-11(10-16(17)28-2)8-14-18(25)23-20(27)24(19(14)26)13-6-4-12(21)5-7-13/h4-10H,3H2,1-2H3,(H,23,25,27)/b14-8+. The van der Waals surface area contributed by atoms with Gasteiger partial charge in [0.15, 0.2) is 11.5 Å². The van der Waals surface area contributed by atoms with Crippen LogP contribution >= 0.6 is 34.2 Å². The predicted molar refractivity (Wildman–Crippen MR) is 117 cm³/mol. The first kappa shape index (κ1) is 21.1. The van der Waals surface area contributed by atoms with Crippen molar-refractivity contribution in [3.05, 3.63) is 56.1 Å². The van der Waals surface area contributed by atoms with Crippen LogP contribution in [0.15, 0.2) is 42.0 Å². The van der Waals surface area contributed by atoms with Crippen LogP contribution < -0.4 is 19.7 Å². The number of ether oxygens (including phenoxy) is 2. The first-order chi connectivity index (χ1) is 13.8. The molecule has 1 N–H and O–H groups in total. The molecule has 0 aliphatic carbocycles. The number of methoxy groups -OCH3 is 1. The minimum atomic E-state index is -0.821. The molecule has 1 fully saturated rings. The monoisotopic (exact) mass is 526 g/mol. The van der Waals surface area contributed by atoms with Gasteiger partial charge in [-0.05, 0) is 77.6 Å². The van der Waals surface area contributed by atoms with E-state index >= 15 is 0 Å². The van der Waals surface area contributed by atoms with E-state index in [1.807, 2.05) is 6.92 Å². The lowest BCUT2D eigenvalue weighted by Gasteiger charge is -2.26. The highest BCUT2D eigenvalue weighted by Gasteiger charge is 2.36. The van der Waals surface area contributed by atoms with Gasteiger partial charge in [-0.15, -0.1) is 0 Å². The van der Waals surface area contributed by atoms with Gasteiger partial charge >= 0.3 is 6.03 Å². The van der Waals surface area contributed by atoms with Crippen molar-refractivity contribution >= 4 is 63.8 Å². The van der Waals surface area contributed by atoms with Gasteiger partial charge in [-0.3, -0.25) is 14.9 Å². The third-order valence-corrected chi connectivity index (χ3v) is 5.09. The van der Waals surface area contributed by atoms with Crippen LogP contribution in [0.4, 0.5) is 10.5 Å². The van der Waals surface area contributed by atoms with E-state index in [0.29, 0.717) is 34.4 Å². The van der Waals surface area contributed by atoms with Crippen LogP contribution in [0, 0.1) is 3.57 Å². The molecule has 2 aromatic rings. The summed E-state index contributed by atoms with van der Waals surface area (Å²) < 4.78 is 11.7. The number of carbonyl (C=O) groups excluding carboxylic acids is 3. The van der Waals surface area contributed by atoms with Gasteiger partial charge in [-0.2, -0.15) is 0 Å². The number of hydrogen-bond donors (Lipinski definition) is 1. The van der Waals surface area contributed by atoms with E-state index in [4.69, 9.17) is 21.1 Å². The predicted octanol–water partition coefficient (Wildman–Crippen LogP) is 4.02. The zero-order valence-electron chi connectivity index (χ0n) is 15.5. The van der Waals surface area contributed by atoms with Gasteiger partial charge in [-0.1, -0.05) is 11.6 Å². The molecule has 29 heavy (non-hydrogen) atoms. The summed E-state index contributed by atoms with van der Waals surface area (Å²) in [7, 11) is 1.50. The highest BCUT2D eigenvalue weighted by molar-refractivity contribution is 14.1. The maximum Gasteiger partial charge on any atom is 0.335 e. The van der Waals surface area contributed by atoms with Crippen LogP contribution in [0.25, 0.3) is 6.08 Å². The summed E-state index contributed by atoms with van der Waals surface area (Å²) in [6, 6.07) is 8.74. The normalized spacial score (nSPS) is 15.5. The Morgan fingerprint density at radius 1 is 1.17 bits per heavy atom. The van der Waals surface area contributed by atoms with E-state index in [9.17, 15) is 14.4 Å². The zero-order chi connectivity index (χ0) is 21.1. The summed E-state index contributed by atoms with van der Waals surface area (Å²) in [5.41, 5.74) is 0.675. The molecule has 7 nitrogen and oxygen atoms in total. The van der Waals surface area contributed by atoms with Crippen molar-refractivity contribution in [2.45, 2.75) is 6.92 Å². The number of barbiturate groups is 1. The molecule has 0 spiro atoms. The van der Waals surface area contributed by atoms with Crippen LogP contribution in [-0.4, -0.2) is 31.6 Å². The zero-order valence-corrected chi connectivity index (χ0v) is 18.4. The molecular formula is C20H16ClIN2O5. The number of carbonyl (C=O) groups is 3. The van der Waals surface area contributed by atoms with Crippen LogP contribution in [0.1, 0.15) is 12.5 Å². The van der Waals surface area contributed by atoms with Gasteiger partial charge in [0.25, 0.3) is 11.8 Å². The number of nitrogens with zero attached hydrogens (tertiary/aromatic N) is 1. The fraction of sp³-hybridized carbons (Fsp3) is 0.150. The lowest BCUT2D eigenvalue weighted by molar-refractivity contribution is -0.122. The number of hydrogen-bond acceptors (Lipinski definition) is 5. The van der Waals surface area contributed by atoms with E-state index in [-0.39, 0.29) is 5.57 Å². The average Bonchev–Trinajstić information content (AvgIpc) is 2.68. The van der Waals surface area contributed by atoms with Crippen LogP contribution in [0.3, 0.4) is 0 Å². The van der Waals surface area contributed by atoms with Crippen molar-refractivity contribution in [2.24, 2.45) is 0 Å². The molecule has 0 unspecified atom stereocenters. The third kappa shape index (κ3) is 4.38. The SMILES string of the molecule is CCOc1c(I)cc(/C=C2\C(=O)NC(=O)N(c3ccc(Cl)cc3)C2=O)cc1OC. The second-order valence-electron chi connectivity index (χ2n) is 5.90. The summed E-state index contributed by atoms with van der Waals surface area (Å²) in [6.45, 7) is 2.32. The number of imide groups is 2. The summed E-state index contributed by atoms with van der Waals surface area (Å²) in [5.74, 6) is -0.452. The Bertz CT molecular complexity index is 1020. The van der Waals surface area contributed by atoms with Gasteiger partial charge in [0, 0.05) is 5.02 Å². The van der Waals surface area contributed by atoms with Crippen molar-refractivity contribution in [1.29, 1.82) is 0 Å². The first-order valence-corrected chi connectivity index (χ1v) is 9.98. The Kier molecular flexibility index (Phi) is 6.43. The lowest BCUT2D eigenvalue weighted by Crippen LogP contribution is -2.54. The van der Waals surface area contributed by atoms with Gasteiger partial charge < -0.3 is 9.47 Å². The molecule has 9 heteroatoms. The second-order valence-corrected chi connectivity index (χ2v) is 7.50. The van der Waals surface area contributed by atoms with Crippen LogP contribution in [-0.2, 0) is 9.59 Å². The summed E-state index contributed by atoms with van der Waals surface area (Å²) >= 11 is 7.95. The van der Waals surface area contributed by atoms with Crippen molar-refractivity contribution in [3.8, 4) is 11.5 Å². The number of amides is 4. The Labute approximate surface area is 185 Å². The number of urea groups is 1. The van der Waals surface area contributed by atoms with Crippen LogP contribution in [0.2, 0.25) is 5.02 Å². The fourth-order valence-electron chi connectivity index (χ4n) is 2.76.